The predicted octanol–water partition coefficient (Wildman–Crippen LogP) is 3.28. The summed E-state index contributed by atoms with van der Waals surface area (Å²) >= 11 is 1.52. The highest BCUT2D eigenvalue weighted by molar-refractivity contribution is 7.17. The fourth-order valence-electron chi connectivity index (χ4n) is 2.25. The molecule has 1 aromatic rings. The number of carbonyl (C=O) groups is 1. The van der Waals surface area contributed by atoms with Crippen molar-refractivity contribution in [1.29, 1.82) is 0 Å². The third kappa shape index (κ3) is 2.86. The van der Waals surface area contributed by atoms with E-state index < -0.39 is 0 Å². The molecule has 1 aromatic heterocycles. The first-order valence-electron chi connectivity index (χ1n) is 6.19. The zero-order valence-corrected chi connectivity index (χ0v) is 11.6. The van der Waals surface area contributed by atoms with E-state index in [-0.39, 0.29) is 0 Å². The van der Waals surface area contributed by atoms with Crippen LogP contribution in [0.25, 0.3) is 0 Å². The molecule has 0 unspecified atom stereocenters. The maximum atomic E-state index is 10.8. The van der Waals surface area contributed by atoms with Crippen LogP contribution in [0.15, 0.2) is 0 Å². The summed E-state index contributed by atoms with van der Waals surface area (Å²) in [6, 6.07) is 0. The molecule has 1 aliphatic rings. The Balaban J connectivity index is 2.14. The molecule has 0 spiro atoms. The maximum Gasteiger partial charge on any atom is 0.186 e. The lowest BCUT2D eigenvalue weighted by atomic mass is 9.85. The third-order valence-corrected chi connectivity index (χ3v) is 4.68. The molecule has 0 N–H and O–H groups in total. The summed E-state index contributed by atoms with van der Waals surface area (Å²) in [4.78, 5) is 18.5. The third-order valence-electron chi connectivity index (χ3n) is 3.54. The summed E-state index contributed by atoms with van der Waals surface area (Å²) in [5.41, 5.74) is 1.30. The topological polar surface area (TPSA) is 33.2 Å². The Bertz CT molecular complexity index is 412. The first kappa shape index (κ1) is 12.6. The van der Waals surface area contributed by atoms with Crippen molar-refractivity contribution < 1.29 is 4.79 Å². The van der Waals surface area contributed by atoms with Gasteiger partial charge in [-0.2, -0.15) is 0 Å². The molecule has 1 aliphatic heterocycles. The van der Waals surface area contributed by atoms with Gasteiger partial charge in [-0.3, -0.25) is 4.79 Å². The smallest absolute Gasteiger partial charge is 0.186 e. The Labute approximate surface area is 107 Å². The number of hydrogen-bond acceptors (Lipinski definition) is 4. The lowest BCUT2D eigenvalue weighted by Crippen LogP contribution is -2.24. The van der Waals surface area contributed by atoms with E-state index in [0.29, 0.717) is 5.41 Å². The lowest BCUT2D eigenvalue weighted by molar-refractivity contribution is 0.112. The Hall–Kier alpha value is -0.900. The van der Waals surface area contributed by atoms with Crippen LogP contribution in [-0.2, 0) is 0 Å². The Morgan fingerprint density at radius 1 is 1.35 bits per heavy atom. The van der Waals surface area contributed by atoms with Gasteiger partial charge in [0, 0.05) is 13.1 Å². The van der Waals surface area contributed by atoms with Gasteiger partial charge in [0.2, 0.25) is 0 Å². The number of hydrogen-bond donors (Lipinski definition) is 0. The molecule has 4 heteroatoms. The largest absolute Gasteiger partial charge is 0.348 e. The van der Waals surface area contributed by atoms with Crippen molar-refractivity contribution in [3.8, 4) is 0 Å². The Kier molecular flexibility index (Phi) is 3.52. The number of nitrogens with zero attached hydrogens (tertiary/aromatic N) is 2. The molecule has 17 heavy (non-hydrogen) atoms. The van der Waals surface area contributed by atoms with Gasteiger partial charge in [0.05, 0.1) is 10.6 Å². The maximum absolute atomic E-state index is 10.8. The minimum atomic E-state index is 0.439. The Morgan fingerprint density at radius 2 is 2.12 bits per heavy atom. The van der Waals surface area contributed by atoms with Crippen LogP contribution in [0.4, 0.5) is 5.13 Å². The fourth-order valence-corrected chi connectivity index (χ4v) is 3.18. The lowest BCUT2D eigenvalue weighted by Gasteiger charge is -2.22. The predicted molar refractivity (Wildman–Crippen MR) is 72.1 cm³/mol. The first-order chi connectivity index (χ1) is 8.02. The van der Waals surface area contributed by atoms with Crippen molar-refractivity contribution in [2.24, 2.45) is 5.41 Å². The van der Waals surface area contributed by atoms with Crippen LogP contribution in [0.2, 0.25) is 0 Å². The van der Waals surface area contributed by atoms with Gasteiger partial charge < -0.3 is 4.90 Å². The molecule has 0 aliphatic carbocycles. The summed E-state index contributed by atoms with van der Waals surface area (Å²) < 4.78 is 0. The first-order valence-corrected chi connectivity index (χ1v) is 7.01. The molecule has 0 bridgehead atoms. The van der Waals surface area contributed by atoms with Crippen molar-refractivity contribution in [2.45, 2.75) is 40.0 Å². The van der Waals surface area contributed by atoms with Gasteiger partial charge in [0.15, 0.2) is 11.4 Å². The average molecular weight is 252 g/mol. The highest BCUT2D eigenvalue weighted by Crippen LogP contribution is 2.33. The van der Waals surface area contributed by atoms with Crippen LogP contribution < -0.4 is 4.90 Å². The van der Waals surface area contributed by atoms with Crippen LogP contribution in [0.5, 0.6) is 0 Å². The van der Waals surface area contributed by atoms with Gasteiger partial charge in [-0.1, -0.05) is 25.2 Å². The highest BCUT2D eigenvalue weighted by Gasteiger charge is 2.24. The van der Waals surface area contributed by atoms with Crippen molar-refractivity contribution in [2.75, 3.05) is 18.0 Å². The number of aromatic nitrogens is 1. The molecule has 2 rings (SSSR count). The van der Waals surface area contributed by atoms with Crippen LogP contribution in [0, 0.1) is 12.3 Å². The number of carbonyl (C=O) groups excluding carboxylic acids is 1. The number of rotatable bonds is 2. The van der Waals surface area contributed by atoms with Gasteiger partial charge >= 0.3 is 0 Å². The van der Waals surface area contributed by atoms with Gasteiger partial charge in [0.1, 0.15) is 0 Å². The highest BCUT2D eigenvalue weighted by atomic mass is 32.1. The molecule has 94 valence electrons. The van der Waals surface area contributed by atoms with Crippen molar-refractivity contribution in [1.82, 2.24) is 4.98 Å². The van der Waals surface area contributed by atoms with E-state index >= 15 is 0 Å². The van der Waals surface area contributed by atoms with Gasteiger partial charge in [-0.05, 0) is 31.6 Å². The molecule has 0 atom stereocenters. The van der Waals surface area contributed by atoms with E-state index in [4.69, 9.17) is 0 Å². The van der Waals surface area contributed by atoms with Crippen molar-refractivity contribution in [3.05, 3.63) is 10.6 Å². The normalized spacial score (nSPS) is 20.1. The molecule has 2 heterocycles. The van der Waals surface area contributed by atoms with E-state index in [1.165, 1.54) is 30.6 Å². The van der Waals surface area contributed by atoms with Crippen molar-refractivity contribution >= 4 is 22.8 Å². The van der Waals surface area contributed by atoms with Crippen molar-refractivity contribution in [3.63, 3.8) is 0 Å². The molecule has 0 radical (unpaired) electrons. The summed E-state index contributed by atoms with van der Waals surface area (Å²) in [6.45, 7) is 8.69. The van der Waals surface area contributed by atoms with E-state index in [1.807, 2.05) is 6.92 Å². The summed E-state index contributed by atoms with van der Waals surface area (Å²) in [5.74, 6) is 0. The van der Waals surface area contributed by atoms with E-state index in [2.05, 4.69) is 23.7 Å². The molecule has 3 nitrogen and oxygen atoms in total. The average Bonchev–Trinajstić information content (AvgIpc) is 2.54. The summed E-state index contributed by atoms with van der Waals surface area (Å²) in [6.07, 6.45) is 4.59. The van der Waals surface area contributed by atoms with Gasteiger partial charge in [-0.25, -0.2) is 4.98 Å². The number of anilines is 1. The second-order valence-electron chi connectivity index (χ2n) is 5.57. The SMILES string of the molecule is Cc1nc(N2CCCC(C)(C)CC2)sc1C=O. The minimum Gasteiger partial charge on any atom is -0.348 e. The standard InChI is InChI=1S/C13H20N2OS/c1-10-11(9-16)17-12(14-10)15-7-4-5-13(2,3)6-8-15/h9H,4-8H2,1-3H3. The van der Waals surface area contributed by atoms with E-state index in [1.54, 1.807) is 0 Å². The minimum absolute atomic E-state index is 0.439. The Morgan fingerprint density at radius 3 is 2.76 bits per heavy atom. The number of thiazole rings is 1. The van der Waals surface area contributed by atoms with Gasteiger partial charge in [-0.15, -0.1) is 0 Å². The van der Waals surface area contributed by atoms with Crippen LogP contribution >= 0.6 is 11.3 Å². The molecule has 0 aromatic carbocycles. The monoisotopic (exact) mass is 252 g/mol. The molecule has 0 amide bonds. The second-order valence-corrected chi connectivity index (χ2v) is 6.58. The van der Waals surface area contributed by atoms with Crippen LogP contribution in [0.3, 0.4) is 0 Å². The molecule has 0 saturated carbocycles. The van der Waals surface area contributed by atoms with Crippen LogP contribution in [0.1, 0.15) is 48.5 Å². The zero-order valence-electron chi connectivity index (χ0n) is 10.8. The van der Waals surface area contributed by atoms with E-state index in [0.717, 1.165) is 35.1 Å². The summed E-state index contributed by atoms with van der Waals surface area (Å²) in [5, 5.41) is 1.02. The zero-order chi connectivity index (χ0) is 12.5. The molecule has 1 fully saturated rings. The second kappa shape index (κ2) is 4.77. The number of aldehydes is 1. The number of aryl methyl sites for hydroxylation is 1. The quantitative estimate of drug-likeness (QED) is 0.757. The summed E-state index contributed by atoms with van der Waals surface area (Å²) in [7, 11) is 0. The molecular weight excluding hydrogens is 232 g/mol. The van der Waals surface area contributed by atoms with E-state index in [9.17, 15) is 4.79 Å². The fraction of sp³-hybridized carbons (Fsp3) is 0.692. The molecular formula is C13H20N2OS. The molecule has 1 saturated heterocycles. The van der Waals surface area contributed by atoms with Crippen LogP contribution in [-0.4, -0.2) is 24.4 Å². The van der Waals surface area contributed by atoms with Gasteiger partial charge in [0.25, 0.3) is 0 Å².